The lowest BCUT2D eigenvalue weighted by Gasteiger charge is -2.46. The number of hydrogen-bond donors (Lipinski definition) is 1. The molecule has 4 aromatic rings. The van der Waals surface area contributed by atoms with Gasteiger partial charge in [-0.25, -0.2) is 8.78 Å². The van der Waals surface area contributed by atoms with E-state index in [1.807, 2.05) is 12.1 Å². The summed E-state index contributed by atoms with van der Waals surface area (Å²) >= 11 is 6.66. The van der Waals surface area contributed by atoms with Gasteiger partial charge in [0.15, 0.2) is 0 Å². The zero-order valence-corrected chi connectivity index (χ0v) is 21.6. The Morgan fingerprint density at radius 1 is 1.24 bits per heavy atom. The number of alkyl halides is 2. The maximum Gasteiger partial charge on any atom is 0.279 e. The van der Waals surface area contributed by atoms with Crippen LogP contribution in [0, 0.1) is 5.92 Å². The molecule has 1 N–H and O–H groups in total. The number of fused-ring (bicyclic) bond motifs is 1. The molecule has 1 atom stereocenters. The minimum Gasteiger partial charge on any atom is -0.353 e. The van der Waals surface area contributed by atoms with E-state index in [0.29, 0.717) is 38.9 Å². The van der Waals surface area contributed by atoms with Crippen molar-refractivity contribution >= 4 is 22.5 Å². The van der Waals surface area contributed by atoms with Crippen LogP contribution in [0.2, 0.25) is 5.02 Å². The Hall–Kier alpha value is -3.04. The van der Waals surface area contributed by atoms with Crippen molar-refractivity contribution in [2.75, 3.05) is 13.1 Å². The van der Waals surface area contributed by atoms with E-state index in [0.717, 1.165) is 25.3 Å². The van der Waals surface area contributed by atoms with Gasteiger partial charge in [0.05, 0.1) is 10.4 Å². The quantitative estimate of drug-likeness (QED) is 0.395. The highest BCUT2D eigenvalue weighted by Gasteiger charge is 2.60. The number of aromatic amines is 1. The second-order valence-corrected chi connectivity index (χ2v) is 11.2. The maximum atomic E-state index is 14.2. The zero-order chi connectivity index (χ0) is 25.9. The number of pyridine rings is 1. The molecule has 1 aliphatic carbocycles. The first-order valence-electron chi connectivity index (χ1n) is 12.6. The average Bonchev–Trinajstić information content (AvgIpc) is 3.46. The molecule has 0 bridgehead atoms. The van der Waals surface area contributed by atoms with Crippen molar-refractivity contribution in [1.29, 1.82) is 0 Å². The lowest BCUT2D eigenvalue weighted by atomic mass is 9.61. The number of benzene rings is 1. The van der Waals surface area contributed by atoms with Gasteiger partial charge in [0.2, 0.25) is 0 Å². The van der Waals surface area contributed by atoms with Crippen LogP contribution in [0.25, 0.3) is 16.6 Å². The third kappa shape index (κ3) is 4.18. The zero-order valence-electron chi connectivity index (χ0n) is 20.8. The molecule has 3 aromatic heterocycles. The Morgan fingerprint density at radius 2 is 2.05 bits per heavy atom. The van der Waals surface area contributed by atoms with E-state index >= 15 is 0 Å². The van der Waals surface area contributed by atoms with Crippen molar-refractivity contribution < 1.29 is 8.78 Å². The number of nitrogens with zero attached hydrogens (tertiary/aromatic N) is 5. The Morgan fingerprint density at radius 3 is 2.76 bits per heavy atom. The molecule has 37 heavy (non-hydrogen) atoms. The van der Waals surface area contributed by atoms with Gasteiger partial charge >= 0.3 is 0 Å². The van der Waals surface area contributed by atoms with Gasteiger partial charge < -0.3 is 9.55 Å². The minimum atomic E-state index is -2.78. The predicted molar refractivity (Wildman–Crippen MR) is 139 cm³/mol. The minimum absolute atomic E-state index is 0.235. The number of aromatic nitrogens is 5. The molecule has 1 aromatic carbocycles. The van der Waals surface area contributed by atoms with Crippen molar-refractivity contribution in [1.82, 2.24) is 29.2 Å². The summed E-state index contributed by atoms with van der Waals surface area (Å²) in [6, 6.07) is 9.12. The Kier molecular flexibility index (Phi) is 5.76. The van der Waals surface area contributed by atoms with Crippen molar-refractivity contribution in [3.8, 4) is 5.69 Å². The van der Waals surface area contributed by atoms with Crippen molar-refractivity contribution in [3.05, 3.63) is 75.3 Å². The predicted octanol–water partition coefficient (Wildman–Crippen LogP) is 5.05. The molecule has 0 radical (unpaired) electrons. The first-order chi connectivity index (χ1) is 17.6. The van der Waals surface area contributed by atoms with Gasteiger partial charge in [-0.15, -0.1) is 10.2 Å². The van der Waals surface area contributed by atoms with E-state index in [9.17, 15) is 13.6 Å². The summed E-state index contributed by atoms with van der Waals surface area (Å²) in [7, 11) is 1.75. The van der Waals surface area contributed by atoms with E-state index in [4.69, 9.17) is 11.6 Å². The number of H-pyrrole nitrogens is 1. The van der Waals surface area contributed by atoms with Gasteiger partial charge in [0.1, 0.15) is 17.7 Å². The second-order valence-electron chi connectivity index (χ2n) is 10.8. The molecular formula is C27H29ClF2N6O. The van der Waals surface area contributed by atoms with E-state index in [-0.39, 0.29) is 18.4 Å². The summed E-state index contributed by atoms with van der Waals surface area (Å²) in [6.45, 7) is 5.07. The van der Waals surface area contributed by atoms with Gasteiger partial charge in [-0.05, 0) is 49.1 Å². The standard InChI is InChI=1S/C27H29ClF2N6O/c1-17-5-4-8-35(11-17)12-19-10-21-22(28)13-36(24(37)23(21)32-19)20-7-3-6-18(9-20)26(14-27(29,30)15-26)25-33-31-16-34(25)2/h3,6-7,9-10,13,16-17,32H,4-5,8,11-12,14-15H2,1-2H3/t17-/m0/s1. The number of nitrogens with one attached hydrogen (secondary N) is 1. The Balaban J connectivity index is 1.39. The highest BCUT2D eigenvalue weighted by molar-refractivity contribution is 6.35. The van der Waals surface area contributed by atoms with Gasteiger partial charge in [0.25, 0.3) is 11.5 Å². The van der Waals surface area contributed by atoms with E-state index in [1.54, 1.807) is 36.0 Å². The molecule has 10 heteroatoms. The molecular weight excluding hydrogens is 498 g/mol. The van der Waals surface area contributed by atoms with E-state index in [2.05, 4.69) is 27.0 Å². The summed E-state index contributed by atoms with van der Waals surface area (Å²) < 4.78 is 31.6. The number of hydrogen-bond acceptors (Lipinski definition) is 4. The molecule has 1 aliphatic heterocycles. The van der Waals surface area contributed by atoms with Gasteiger partial charge in [0, 0.05) is 55.9 Å². The van der Waals surface area contributed by atoms with Gasteiger partial charge in [-0.2, -0.15) is 0 Å². The van der Waals surface area contributed by atoms with Crippen LogP contribution in [-0.2, 0) is 19.0 Å². The molecule has 4 heterocycles. The molecule has 0 unspecified atom stereocenters. The molecule has 1 saturated carbocycles. The summed E-state index contributed by atoms with van der Waals surface area (Å²) in [5.74, 6) is -1.64. The average molecular weight is 527 g/mol. The van der Waals surface area contributed by atoms with Gasteiger partial charge in [-0.3, -0.25) is 14.3 Å². The molecule has 1 saturated heterocycles. The van der Waals surface area contributed by atoms with Crippen LogP contribution in [0.5, 0.6) is 0 Å². The molecule has 2 fully saturated rings. The van der Waals surface area contributed by atoms with Gasteiger partial charge in [-0.1, -0.05) is 30.7 Å². The largest absolute Gasteiger partial charge is 0.353 e. The second kappa shape index (κ2) is 8.77. The van der Waals surface area contributed by atoms with Crippen LogP contribution in [0.1, 0.15) is 49.7 Å². The Bertz CT molecular complexity index is 1530. The smallest absolute Gasteiger partial charge is 0.279 e. The normalized spacial score (nSPS) is 21.3. The SMILES string of the molecule is C[C@H]1CCCN(Cc2cc3c(Cl)cn(-c4cccc(C5(c6nncn6C)CC(F)(F)C5)c4)c(=O)c3[nH]2)C1. The third-order valence-electron chi connectivity index (χ3n) is 7.88. The summed E-state index contributed by atoms with van der Waals surface area (Å²) in [5.41, 5.74) is 1.41. The summed E-state index contributed by atoms with van der Waals surface area (Å²) in [6.07, 6.45) is 4.82. The molecule has 7 nitrogen and oxygen atoms in total. The lowest BCUT2D eigenvalue weighted by molar-refractivity contribution is -0.116. The van der Waals surface area contributed by atoms with Crippen LogP contribution in [0.3, 0.4) is 0 Å². The fourth-order valence-electron chi connectivity index (χ4n) is 6.17. The van der Waals surface area contributed by atoms with Crippen LogP contribution in [-0.4, -0.2) is 48.2 Å². The number of piperidine rings is 1. The van der Waals surface area contributed by atoms with Crippen molar-refractivity contribution in [2.45, 2.75) is 50.5 Å². The van der Waals surface area contributed by atoms with Crippen molar-refractivity contribution in [3.63, 3.8) is 0 Å². The van der Waals surface area contributed by atoms with Crippen molar-refractivity contribution in [2.24, 2.45) is 13.0 Å². The van der Waals surface area contributed by atoms with Crippen LogP contribution >= 0.6 is 11.6 Å². The topological polar surface area (TPSA) is 71.7 Å². The highest BCUT2D eigenvalue weighted by Crippen LogP contribution is 2.56. The fraction of sp³-hybridized carbons (Fsp3) is 0.444. The number of rotatable bonds is 5. The number of likely N-dealkylation sites (tertiary alicyclic amines) is 1. The molecule has 2 aliphatic rings. The number of aryl methyl sites for hydroxylation is 1. The van der Waals surface area contributed by atoms with E-state index < -0.39 is 11.3 Å². The summed E-state index contributed by atoms with van der Waals surface area (Å²) in [5, 5.41) is 9.22. The molecule has 0 spiro atoms. The first-order valence-corrected chi connectivity index (χ1v) is 13.0. The van der Waals surface area contributed by atoms with E-state index in [1.165, 1.54) is 23.7 Å². The summed E-state index contributed by atoms with van der Waals surface area (Å²) in [4.78, 5) is 19.3. The molecule has 0 amide bonds. The highest BCUT2D eigenvalue weighted by atomic mass is 35.5. The molecule has 194 valence electrons. The maximum absolute atomic E-state index is 14.2. The fourth-order valence-corrected chi connectivity index (χ4v) is 6.42. The monoisotopic (exact) mass is 526 g/mol. The Labute approximate surface area is 218 Å². The lowest BCUT2D eigenvalue weighted by Crippen LogP contribution is -2.51. The number of halogens is 3. The van der Waals surface area contributed by atoms with Crippen LogP contribution < -0.4 is 5.56 Å². The van der Waals surface area contributed by atoms with Crippen LogP contribution in [0.15, 0.2) is 47.7 Å². The first kappa shape index (κ1) is 24.3. The van der Waals surface area contributed by atoms with Crippen LogP contribution in [0.4, 0.5) is 8.78 Å². The molecule has 6 rings (SSSR count). The third-order valence-corrected chi connectivity index (χ3v) is 8.18.